The summed E-state index contributed by atoms with van der Waals surface area (Å²) in [4.78, 5) is 25.9. The number of allylic oxidation sites excluding steroid dienone is 6. The average Bonchev–Trinajstić information content (AvgIpc) is 2.97. The lowest BCUT2D eigenvalue weighted by Crippen LogP contribution is -2.67. The molecule has 3 aliphatic carbocycles. The van der Waals surface area contributed by atoms with Gasteiger partial charge in [0.05, 0.1) is 12.0 Å². The highest BCUT2D eigenvalue weighted by molar-refractivity contribution is 6.10. The van der Waals surface area contributed by atoms with E-state index in [0.29, 0.717) is 0 Å². The van der Waals surface area contributed by atoms with E-state index in [1.165, 1.54) is 11.1 Å². The summed E-state index contributed by atoms with van der Waals surface area (Å²) in [5.74, 6) is -0.475. The molecule has 1 heterocycles. The van der Waals surface area contributed by atoms with Crippen LogP contribution in [0.5, 0.6) is 0 Å². The quantitative estimate of drug-likeness (QED) is 0.343. The molecular weight excluding hydrogens is 412 g/mol. The van der Waals surface area contributed by atoms with Crippen LogP contribution in [0.25, 0.3) is 0 Å². The first-order valence-electron chi connectivity index (χ1n) is 12.3. The number of aliphatic hydroxyl groups is 1. The third-order valence-corrected chi connectivity index (χ3v) is 10.1. The minimum absolute atomic E-state index is 0.0206. The fraction of sp³-hybridized carbons (Fsp3) is 0.655. The van der Waals surface area contributed by atoms with Gasteiger partial charge in [-0.25, -0.2) is 0 Å². The van der Waals surface area contributed by atoms with Crippen LogP contribution in [0, 0.1) is 39.4 Å². The Labute approximate surface area is 198 Å². The van der Waals surface area contributed by atoms with E-state index < -0.39 is 34.4 Å². The minimum Gasteiger partial charge on any atom is -0.460 e. The van der Waals surface area contributed by atoms with Crippen LogP contribution in [0.15, 0.2) is 46.6 Å². The van der Waals surface area contributed by atoms with Gasteiger partial charge in [-0.15, -0.1) is 0 Å². The molecule has 0 radical (unpaired) electrons. The van der Waals surface area contributed by atoms with Crippen LogP contribution < -0.4 is 0 Å². The Kier molecular flexibility index (Phi) is 5.16. The highest BCUT2D eigenvalue weighted by Gasteiger charge is 2.75. The van der Waals surface area contributed by atoms with E-state index in [1.54, 1.807) is 6.92 Å². The molecule has 4 rings (SSSR count). The molecule has 3 fully saturated rings. The first-order chi connectivity index (χ1) is 15.1. The number of ketones is 1. The average molecular weight is 453 g/mol. The van der Waals surface area contributed by atoms with Gasteiger partial charge in [-0.1, -0.05) is 68.7 Å². The Morgan fingerprint density at radius 3 is 2.30 bits per heavy atom. The third-order valence-electron chi connectivity index (χ3n) is 10.1. The Bertz CT molecular complexity index is 1060. The number of Topliss-reactive ketones (excluding diaryl/α,β-unsaturated/α-hetero) is 1. The highest BCUT2D eigenvalue weighted by Crippen LogP contribution is 2.73. The second kappa shape index (κ2) is 7.04. The molecule has 0 unspecified atom stereocenters. The van der Waals surface area contributed by atoms with Gasteiger partial charge in [0.1, 0.15) is 11.5 Å². The van der Waals surface area contributed by atoms with E-state index in [2.05, 4.69) is 52.8 Å². The number of hydrogen-bond donors (Lipinski definition) is 1. The van der Waals surface area contributed by atoms with E-state index in [1.807, 2.05) is 33.8 Å². The number of hydrogen-bond acceptors (Lipinski definition) is 4. The number of carbonyl (C=O) groups is 2. The largest absolute Gasteiger partial charge is 0.460 e. The molecule has 4 heteroatoms. The summed E-state index contributed by atoms with van der Waals surface area (Å²) in [5, 5.41) is 11.6. The molecule has 1 saturated heterocycles. The smallest absolute Gasteiger partial charge is 0.320 e. The van der Waals surface area contributed by atoms with Crippen molar-refractivity contribution >= 4 is 11.8 Å². The first-order valence-corrected chi connectivity index (χ1v) is 12.3. The van der Waals surface area contributed by atoms with Crippen LogP contribution in [0.1, 0.15) is 69.2 Å². The topological polar surface area (TPSA) is 63.6 Å². The monoisotopic (exact) mass is 452 g/mol. The summed E-state index contributed by atoms with van der Waals surface area (Å²) >= 11 is 0. The van der Waals surface area contributed by atoms with Crippen molar-refractivity contribution in [2.45, 2.75) is 81.4 Å². The van der Waals surface area contributed by atoms with Crippen LogP contribution in [0.3, 0.4) is 0 Å². The zero-order valence-corrected chi connectivity index (χ0v) is 21.9. The van der Waals surface area contributed by atoms with Gasteiger partial charge in [-0.2, -0.15) is 0 Å². The number of esters is 1. The fourth-order valence-corrected chi connectivity index (χ4v) is 8.87. The standard InChI is InChI=1S/C29H40O4/c1-11-16(3)22(30)28(9)20-17(4)12-15(2)13-26(20,7)21(28)18(5)14-27(8)24-19(6)23(31)29(27,10)25(32)33-24/h11-14,19-22,24,30H,1-10H3/b16-11+,18-14+/t19-,20+,21-,22+,24-,26-,27-,28-,29-/m0/s1. The van der Waals surface area contributed by atoms with Crippen molar-refractivity contribution in [2.24, 2.45) is 39.4 Å². The van der Waals surface area contributed by atoms with E-state index in [9.17, 15) is 14.7 Å². The predicted molar refractivity (Wildman–Crippen MR) is 130 cm³/mol. The van der Waals surface area contributed by atoms with Crippen molar-refractivity contribution in [3.63, 3.8) is 0 Å². The second-order valence-corrected chi connectivity index (χ2v) is 12.1. The van der Waals surface area contributed by atoms with Gasteiger partial charge in [-0.05, 0) is 59.0 Å². The molecule has 0 amide bonds. The SMILES string of the molecule is C/C=C(\C)[C@@H](O)[C@@]1(C)[C@@H]2C(C)=CC(C)=C[C@]2(C)[C@@H]1/C(C)=C/[C@@]1(C)[C@H]2OC(=O)[C@]1(C)C(=O)[C@@H]2C. The zero-order chi connectivity index (χ0) is 24.9. The van der Waals surface area contributed by atoms with E-state index in [4.69, 9.17) is 4.74 Å². The number of ether oxygens (including phenoxy) is 1. The molecule has 33 heavy (non-hydrogen) atoms. The Balaban J connectivity index is 1.87. The van der Waals surface area contributed by atoms with Crippen molar-refractivity contribution in [2.75, 3.05) is 0 Å². The van der Waals surface area contributed by atoms with Crippen molar-refractivity contribution in [1.82, 2.24) is 0 Å². The Morgan fingerprint density at radius 1 is 1.15 bits per heavy atom. The zero-order valence-electron chi connectivity index (χ0n) is 21.9. The molecule has 2 saturated carbocycles. The lowest BCUT2D eigenvalue weighted by atomic mass is 9.34. The summed E-state index contributed by atoms with van der Waals surface area (Å²) in [7, 11) is 0. The van der Waals surface area contributed by atoms with Crippen LogP contribution in [-0.2, 0) is 14.3 Å². The first kappa shape index (κ1) is 24.2. The van der Waals surface area contributed by atoms with Gasteiger partial charge in [0, 0.05) is 16.2 Å². The third kappa shape index (κ3) is 2.62. The van der Waals surface area contributed by atoms with Gasteiger partial charge in [0.25, 0.3) is 0 Å². The van der Waals surface area contributed by atoms with Crippen LogP contribution in [0.4, 0.5) is 0 Å². The minimum atomic E-state index is -1.16. The van der Waals surface area contributed by atoms with Crippen molar-refractivity contribution in [1.29, 1.82) is 0 Å². The Morgan fingerprint density at radius 2 is 1.76 bits per heavy atom. The molecule has 1 aliphatic heterocycles. The molecule has 0 spiro atoms. The van der Waals surface area contributed by atoms with Crippen LogP contribution in [-0.4, -0.2) is 29.1 Å². The molecule has 2 bridgehead atoms. The van der Waals surface area contributed by atoms with E-state index in [0.717, 1.165) is 11.1 Å². The normalized spacial score (nSPS) is 48.1. The molecule has 0 aromatic heterocycles. The molecule has 4 nitrogen and oxygen atoms in total. The summed E-state index contributed by atoms with van der Waals surface area (Å²) in [6, 6.07) is 0. The molecule has 0 aromatic rings. The number of rotatable bonds is 4. The van der Waals surface area contributed by atoms with Gasteiger partial charge >= 0.3 is 5.97 Å². The summed E-state index contributed by atoms with van der Waals surface area (Å²) in [5.41, 5.74) is 2.21. The Hall–Kier alpha value is -1.94. The maximum Gasteiger partial charge on any atom is 0.320 e. The van der Waals surface area contributed by atoms with Gasteiger partial charge in [0.2, 0.25) is 0 Å². The lowest BCUT2D eigenvalue weighted by molar-refractivity contribution is -0.169. The van der Waals surface area contributed by atoms with Crippen molar-refractivity contribution in [3.8, 4) is 0 Å². The van der Waals surface area contributed by atoms with Crippen LogP contribution in [0.2, 0.25) is 0 Å². The molecule has 4 aliphatic rings. The van der Waals surface area contributed by atoms with Crippen molar-refractivity contribution in [3.05, 3.63) is 46.6 Å². The van der Waals surface area contributed by atoms with Crippen LogP contribution >= 0.6 is 0 Å². The summed E-state index contributed by atoms with van der Waals surface area (Å²) in [6.07, 6.45) is 7.71. The predicted octanol–water partition coefficient (Wildman–Crippen LogP) is 5.58. The summed E-state index contributed by atoms with van der Waals surface area (Å²) < 4.78 is 5.73. The maximum absolute atomic E-state index is 13.1. The summed E-state index contributed by atoms with van der Waals surface area (Å²) in [6.45, 7) is 20.5. The number of fused-ring (bicyclic) bond motifs is 3. The number of carbonyl (C=O) groups excluding carboxylic acids is 2. The maximum atomic E-state index is 13.1. The highest BCUT2D eigenvalue weighted by atomic mass is 16.6. The second-order valence-electron chi connectivity index (χ2n) is 12.1. The van der Waals surface area contributed by atoms with Gasteiger partial charge < -0.3 is 9.84 Å². The lowest BCUT2D eigenvalue weighted by Gasteiger charge is -2.69. The van der Waals surface area contributed by atoms with Gasteiger partial charge in [0.15, 0.2) is 5.78 Å². The fourth-order valence-electron chi connectivity index (χ4n) is 8.87. The molecule has 1 N–H and O–H groups in total. The van der Waals surface area contributed by atoms with E-state index >= 15 is 0 Å². The van der Waals surface area contributed by atoms with E-state index in [-0.39, 0.29) is 29.0 Å². The van der Waals surface area contributed by atoms with Gasteiger partial charge in [-0.3, -0.25) is 9.59 Å². The molecular formula is C29H40O4. The molecule has 9 atom stereocenters. The molecule has 180 valence electrons. The molecule has 0 aromatic carbocycles. The van der Waals surface area contributed by atoms with Crippen molar-refractivity contribution < 1.29 is 19.4 Å². The number of aliphatic hydroxyl groups excluding tert-OH is 1.